The van der Waals surface area contributed by atoms with Gasteiger partial charge in [0.2, 0.25) is 0 Å². The second kappa shape index (κ2) is 4.19. The number of pyridine rings is 1. The van der Waals surface area contributed by atoms with Gasteiger partial charge in [0.05, 0.1) is 11.6 Å². The van der Waals surface area contributed by atoms with Crippen molar-refractivity contribution >= 4 is 17.0 Å². The Morgan fingerprint density at radius 3 is 2.79 bits per heavy atom. The van der Waals surface area contributed by atoms with Gasteiger partial charge in [0, 0.05) is 29.2 Å². The first-order valence-corrected chi connectivity index (χ1v) is 5.21. The Kier molecular flexibility index (Phi) is 2.74. The summed E-state index contributed by atoms with van der Waals surface area (Å²) in [5, 5.41) is 4.41. The van der Waals surface area contributed by atoms with E-state index in [1.54, 1.807) is 23.7 Å². The molecule has 4 heteroatoms. The smallest absolute Gasteiger partial charge is 0.0897 e. The summed E-state index contributed by atoms with van der Waals surface area (Å²) in [5.74, 6) is 0. The van der Waals surface area contributed by atoms with Gasteiger partial charge in [0.1, 0.15) is 0 Å². The highest BCUT2D eigenvalue weighted by Crippen LogP contribution is 2.13. The number of aryl methyl sites for hydroxylation is 1. The third kappa shape index (κ3) is 2.29. The number of hydrogen-bond acceptors (Lipinski definition) is 4. The molecule has 2 aromatic rings. The molecule has 0 saturated heterocycles. The molecule has 0 saturated carbocycles. The van der Waals surface area contributed by atoms with Gasteiger partial charge in [0.25, 0.3) is 0 Å². The van der Waals surface area contributed by atoms with Crippen LogP contribution in [0.15, 0.2) is 30.7 Å². The predicted molar refractivity (Wildman–Crippen MR) is 58.4 cm³/mol. The summed E-state index contributed by atoms with van der Waals surface area (Å²) >= 11 is 1.72. The molecule has 0 fully saturated rings. The normalized spacial score (nSPS) is 10.1. The molecule has 1 N–H and O–H groups in total. The standard InChI is InChI=1S/C10H11N3S/c1-8-12-6-10(14-8)7-13-9-2-4-11-5-3-9/h2-6H,7H2,1H3,(H,11,13). The lowest BCUT2D eigenvalue weighted by Gasteiger charge is -2.02. The first-order valence-electron chi connectivity index (χ1n) is 4.40. The minimum atomic E-state index is 0.829. The van der Waals surface area contributed by atoms with Crippen molar-refractivity contribution in [3.8, 4) is 0 Å². The van der Waals surface area contributed by atoms with E-state index >= 15 is 0 Å². The Morgan fingerprint density at radius 1 is 1.36 bits per heavy atom. The Morgan fingerprint density at radius 2 is 2.14 bits per heavy atom. The molecule has 0 bridgehead atoms. The van der Waals surface area contributed by atoms with Gasteiger partial charge in [0.15, 0.2) is 0 Å². The fraction of sp³-hybridized carbons (Fsp3) is 0.200. The average molecular weight is 205 g/mol. The molecular weight excluding hydrogens is 194 g/mol. The molecule has 0 aromatic carbocycles. The largest absolute Gasteiger partial charge is 0.380 e. The third-order valence-corrected chi connectivity index (χ3v) is 2.73. The zero-order valence-electron chi connectivity index (χ0n) is 7.90. The molecule has 0 unspecified atom stereocenters. The zero-order valence-corrected chi connectivity index (χ0v) is 8.71. The first-order chi connectivity index (χ1) is 6.84. The van der Waals surface area contributed by atoms with Crippen LogP contribution in [0, 0.1) is 6.92 Å². The van der Waals surface area contributed by atoms with Gasteiger partial charge in [-0.3, -0.25) is 4.98 Å². The van der Waals surface area contributed by atoms with Crippen molar-refractivity contribution in [2.75, 3.05) is 5.32 Å². The minimum absolute atomic E-state index is 0.829. The maximum absolute atomic E-state index is 4.20. The van der Waals surface area contributed by atoms with Crippen LogP contribution in [0.4, 0.5) is 5.69 Å². The van der Waals surface area contributed by atoms with E-state index in [0.717, 1.165) is 17.2 Å². The van der Waals surface area contributed by atoms with Crippen molar-refractivity contribution in [2.24, 2.45) is 0 Å². The van der Waals surface area contributed by atoms with Gasteiger partial charge in [-0.1, -0.05) is 0 Å². The van der Waals surface area contributed by atoms with Gasteiger partial charge >= 0.3 is 0 Å². The summed E-state index contributed by atoms with van der Waals surface area (Å²) in [6.45, 7) is 2.84. The first kappa shape index (κ1) is 9.15. The van der Waals surface area contributed by atoms with Gasteiger partial charge in [-0.05, 0) is 19.1 Å². The van der Waals surface area contributed by atoms with Crippen molar-refractivity contribution < 1.29 is 0 Å². The monoisotopic (exact) mass is 205 g/mol. The highest BCUT2D eigenvalue weighted by atomic mass is 32.1. The topological polar surface area (TPSA) is 37.8 Å². The lowest BCUT2D eigenvalue weighted by Crippen LogP contribution is -1.96. The maximum Gasteiger partial charge on any atom is 0.0897 e. The highest BCUT2D eigenvalue weighted by Gasteiger charge is 1.97. The van der Waals surface area contributed by atoms with Gasteiger partial charge in [-0.25, -0.2) is 4.98 Å². The second-order valence-electron chi connectivity index (χ2n) is 2.94. The molecular formula is C10H11N3S. The van der Waals surface area contributed by atoms with Gasteiger partial charge < -0.3 is 5.32 Å². The van der Waals surface area contributed by atoms with Crippen LogP contribution < -0.4 is 5.32 Å². The van der Waals surface area contributed by atoms with Crippen LogP contribution in [0.1, 0.15) is 9.88 Å². The van der Waals surface area contributed by atoms with Crippen molar-refractivity contribution in [2.45, 2.75) is 13.5 Å². The third-order valence-electron chi connectivity index (χ3n) is 1.82. The molecule has 0 aliphatic heterocycles. The molecule has 0 spiro atoms. The van der Waals surface area contributed by atoms with E-state index in [1.165, 1.54) is 4.88 Å². The van der Waals surface area contributed by atoms with Crippen LogP contribution in [0.5, 0.6) is 0 Å². The average Bonchev–Trinajstić information content (AvgIpc) is 2.63. The highest BCUT2D eigenvalue weighted by molar-refractivity contribution is 7.11. The van der Waals surface area contributed by atoms with Crippen LogP contribution in [-0.4, -0.2) is 9.97 Å². The summed E-state index contributed by atoms with van der Waals surface area (Å²) in [6, 6.07) is 3.90. The molecule has 2 rings (SSSR count). The molecule has 0 radical (unpaired) electrons. The van der Waals surface area contributed by atoms with E-state index in [4.69, 9.17) is 0 Å². The van der Waals surface area contributed by atoms with Crippen LogP contribution in [0.3, 0.4) is 0 Å². The Labute approximate surface area is 86.8 Å². The lowest BCUT2D eigenvalue weighted by molar-refractivity contribution is 1.16. The zero-order chi connectivity index (χ0) is 9.80. The van der Waals surface area contributed by atoms with Gasteiger partial charge in [-0.15, -0.1) is 11.3 Å². The summed E-state index contributed by atoms with van der Waals surface area (Å²) in [4.78, 5) is 9.40. The van der Waals surface area contributed by atoms with E-state index < -0.39 is 0 Å². The second-order valence-corrected chi connectivity index (χ2v) is 4.25. The molecule has 3 nitrogen and oxygen atoms in total. The lowest BCUT2D eigenvalue weighted by atomic mass is 10.4. The number of nitrogens with zero attached hydrogens (tertiary/aromatic N) is 2. The van der Waals surface area contributed by atoms with Gasteiger partial charge in [-0.2, -0.15) is 0 Å². The van der Waals surface area contributed by atoms with E-state index in [1.807, 2.05) is 25.3 Å². The maximum atomic E-state index is 4.20. The van der Waals surface area contributed by atoms with Crippen molar-refractivity contribution in [3.05, 3.63) is 40.6 Å². The molecule has 2 heterocycles. The fourth-order valence-corrected chi connectivity index (χ4v) is 1.88. The Hall–Kier alpha value is -1.42. The number of rotatable bonds is 3. The SMILES string of the molecule is Cc1ncc(CNc2ccncc2)s1. The van der Waals surface area contributed by atoms with Crippen molar-refractivity contribution in [3.63, 3.8) is 0 Å². The van der Waals surface area contributed by atoms with Crippen LogP contribution >= 0.6 is 11.3 Å². The van der Waals surface area contributed by atoms with E-state index in [-0.39, 0.29) is 0 Å². The molecule has 14 heavy (non-hydrogen) atoms. The number of nitrogens with one attached hydrogen (secondary N) is 1. The summed E-state index contributed by atoms with van der Waals surface area (Å²) in [6.07, 6.45) is 5.47. The summed E-state index contributed by atoms with van der Waals surface area (Å²) < 4.78 is 0. The summed E-state index contributed by atoms with van der Waals surface area (Å²) in [5.41, 5.74) is 1.09. The molecule has 0 amide bonds. The molecule has 72 valence electrons. The Balaban J connectivity index is 1.95. The molecule has 0 aliphatic carbocycles. The van der Waals surface area contributed by atoms with E-state index in [0.29, 0.717) is 0 Å². The minimum Gasteiger partial charge on any atom is -0.380 e. The molecule has 0 aliphatic rings. The quantitative estimate of drug-likeness (QED) is 0.836. The van der Waals surface area contributed by atoms with Crippen LogP contribution in [0.25, 0.3) is 0 Å². The van der Waals surface area contributed by atoms with Crippen LogP contribution in [-0.2, 0) is 6.54 Å². The number of aromatic nitrogens is 2. The van der Waals surface area contributed by atoms with Crippen molar-refractivity contribution in [1.82, 2.24) is 9.97 Å². The van der Waals surface area contributed by atoms with Crippen molar-refractivity contribution in [1.29, 1.82) is 0 Å². The number of anilines is 1. The van der Waals surface area contributed by atoms with E-state index in [9.17, 15) is 0 Å². The molecule has 0 atom stereocenters. The predicted octanol–water partition coefficient (Wildman–Crippen LogP) is 2.46. The summed E-state index contributed by atoms with van der Waals surface area (Å²) in [7, 11) is 0. The van der Waals surface area contributed by atoms with Crippen LogP contribution in [0.2, 0.25) is 0 Å². The number of thiazole rings is 1. The fourth-order valence-electron chi connectivity index (χ4n) is 1.15. The Bertz CT molecular complexity index is 397. The van der Waals surface area contributed by atoms with E-state index in [2.05, 4.69) is 15.3 Å². The number of hydrogen-bond donors (Lipinski definition) is 1. The molecule has 2 aromatic heterocycles.